The number of sulfone groups is 1. The van der Waals surface area contributed by atoms with E-state index in [4.69, 9.17) is 5.73 Å². The van der Waals surface area contributed by atoms with Gasteiger partial charge in [0.2, 0.25) is 0 Å². The Kier molecular flexibility index (Phi) is 5.15. The van der Waals surface area contributed by atoms with Crippen LogP contribution in [0.25, 0.3) is 0 Å². The second-order valence-corrected chi connectivity index (χ2v) is 6.47. The summed E-state index contributed by atoms with van der Waals surface area (Å²) in [5.74, 6) is 0.389. The van der Waals surface area contributed by atoms with Gasteiger partial charge in [-0.2, -0.15) is 0 Å². The van der Waals surface area contributed by atoms with E-state index >= 15 is 0 Å². The third-order valence-electron chi connectivity index (χ3n) is 2.41. The Labute approximate surface area is 108 Å². The number of aryl methyl sites for hydroxylation is 1. The second kappa shape index (κ2) is 6.39. The molecular weight excluding hydrogens is 250 g/mol. The molecule has 0 saturated heterocycles. The lowest BCUT2D eigenvalue weighted by atomic mass is 10.2. The Balaban J connectivity index is 2.53. The van der Waals surface area contributed by atoms with Crippen LogP contribution in [0.3, 0.4) is 0 Å². The zero-order valence-electron chi connectivity index (χ0n) is 10.7. The van der Waals surface area contributed by atoms with Crippen molar-refractivity contribution in [3.8, 4) is 0 Å². The van der Waals surface area contributed by atoms with Crippen molar-refractivity contribution in [2.75, 3.05) is 23.4 Å². The first kappa shape index (κ1) is 14.5. The molecule has 0 amide bonds. The maximum Gasteiger partial charge on any atom is 0.193 e. The number of guanidine groups is 1. The first-order chi connectivity index (χ1) is 8.43. The largest absolute Gasteiger partial charge is 0.370 e. The molecule has 5 nitrogen and oxygen atoms in total. The number of rotatable bonds is 5. The van der Waals surface area contributed by atoms with E-state index in [0.29, 0.717) is 0 Å². The van der Waals surface area contributed by atoms with Crippen LogP contribution in [0.2, 0.25) is 0 Å². The van der Waals surface area contributed by atoms with Gasteiger partial charge >= 0.3 is 0 Å². The maximum absolute atomic E-state index is 11.3. The van der Waals surface area contributed by atoms with Crippen molar-refractivity contribution >= 4 is 21.5 Å². The third-order valence-corrected chi connectivity index (χ3v) is 4.10. The van der Waals surface area contributed by atoms with Crippen LogP contribution >= 0.6 is 0 Å². The summed E-state index contributed by atoms with van der Waals surface area (Å²) >= 11 is 0. The van der Waals surface area contributed by atoms with Gasteiger partial charge in [-0.05, 0) is 24.6 Å². The highest BCUT2D eigenvalue weighted by Gasteiger charge is 2.05. The van der Waals surface area contributed by atoms with Crippen LogP contribution < -0.4 is 11.1 Å². The smallest absolute Gasteiger partial charge is 0.193 e. The summed E-state index contributed by atoms with van der Waals surface area (Å²) in [7, 11) is -2.99. The molecule has 0 spiro atoms. The molecule has 6 heteroatoms. The minimum Gasteiger partial charge on any atom is -0.370 e. The molecule has 0 aliphatic rings. The van der Waals surface area contributed by atoms with Gasteiger partial charge in [-0.15, -0.1) is 0 Å². The minimum atomic E-state index is -2.99. The molecule has 0 bridgehead atoms. The minimum absolute atomic E-state index is 0.0275. The summed E-state index contributed by atoms with van der Waals surface area (Å²) < 4.78 is 22.5. The lowest BCUT2D eigenvalue weighted by Gasteiger charge is -2.06. The van der Waals surface area contributed by atoms with Gasteiger partial charge in [-0.25, -0.2) is 8.42 Å². The van der Waals surface area contributed by atoms with Crippen molar-refractivity contribution in [2.45, 2.75) is 13.8 Å². The van der Waals surface area contributed by atoms with Crippen LogP contribution in [-0.2, 0) is 9.84 Å². The first-order valence-electron chi connectivity index (χ1n) is 5.77. The maximum atomic E-state index is 11.3. The van der Waals surface area contributed by atoms with Crippen LogP contribution in [0.4, 0.5) is 5.69 Å². The van der Waals surface area contributed by atoms with E-state index in [1.807, 2.05) is 31.2 Å². The monoisotopic (exact) mass is 269 g/mol. The van der Waals surface area contributed by atoms with Crippen LogP contribution in [-0.4, -0.2) is 32.4 Å². The standard InChI is InChI=1S/C12H19N3O2S/c1-3-18(16,17)8-7-14-12(13)15-11-6-4-5-10(2)9-11/h4-6,9H,3,7-8H2,1-2H3,(H3,13,14,15). The predicted molar refractivity (Wildman–Crippen MR) is 75.6 cm³/mol. The lowest BCUT2D eigenvalue weighted by Crippen LogP contribution is -2.24. The van der Waals surface area contributed by atoms with E-state index in [0.717, 1.165) is 11.3 Å². The van der Waals surface area contributed by atoms with Gasteiger partial charge in [-0.1, -0.05) is 19.1 Å². The van der Waals surface area contributed by atoms with Crippen molar-refractivity contribution in [3.63, 3.8) is 0 Å². The fourth-order valence-corrected chi connectivity index (χ4v) is 2.02. The van der Waals surface area contributed by atoms with Crippen molar-refractivity contribution in [1.82, 2.24) is 0 Å². The molecule has 3 N–H and O–H groups in total. The molecule has 0 radical (unpaired) electrons. The summed E-state index contributed by atoms with van der Waals surface area (Å²) in [4.78, 5) is 3.99. The normalized spacial score (nSPS) is 12.4. The topological polar surface area (TPSA) is 84.5 Å². The fourth-order valence-electron chi connectivity index (χ4n) is 1.36. The van der Waals surface area contributed by atoms with Crippen molar-refractivity contribution in [3.05, 3.63) is 29.8 Å². The molecule has 1 aromatic rings. The number of anilines is 1. The Morgan fingerprint density at radius 2 is 2.17 bits per heavy atom. The van der Waals surface area contributed by atoms with Crippen molar-refractivity contribution in [2.24, 2.45) is 10.7 Å². The average Bonchev–Trinajstić information content (AvgIpc) is 2.28. The molecule has 0 heterocycles. The Morgan fingerprint density at radius 1 is 1.44 bits per heavy atom. The van der Waals surface area contributed by atoms with Gasteiger partial charge in [0.25, 0.3) is 0 Å². The van der Waals surface area contributed by atoms with Gasteiger partial charge in [0.15, 0.2) is 15.8 Å². The SMILES string of the molecule is CCS(=O)(=O)CCN=C(N)Nc1cccc(C)c1. The zero-order chi connectivity index (χ0) is 13.6. The number of hydrogen-bond acceptors (Lipinski definition) is 3. The highest BCUT2D eigenvalue weighted by atomic mass is 32.2. The van der Waals surface area contributed by atoms with E-state index in [1.54, 1.807) is 6.92 Å². The summed E-state index contributed by atoms with van der Waals surface area (Å²) in [6.45, 7) is 3.78. The molecule has 0 unspecified atom stereocenters. The molecule has 0 aliphatic carbocycles. The molecule has 18 heavy (non-hydrogen) atoms. The molecule has 0 aliphatic heterocycles. The van der Waals surface area contributed by atoms with Crippen LogP contribution in [0.1, 0.15) is 12.5 Å². The molecule has 1 rings (SSSR count). The first-order valence-corrected chi connectivity index (χ1v) is 7.59. The lowest BCUT2D eigenvalue weighted by molar-refractivity contribution is 0.597. The summed E-state index contributed by atoms with van der Waals surface area (Å²) in [6.07, 6.45) is 0. The van der Waals surface area contributed by atoms with E-state index in [-0.39, 0.29) is 24.0 Å². The van der Waals surface area contributed by atoms with E-state index < -0.39 is 9.84 Å². The summed E-state index contributed by atoms with van der Waals surface area (Å²) in [5, 5.41) is 2.92. The number of benzene rings is 1. The molecule has 0 aromatic heterocycles. The number of nitrogens with two attached hydrogens (primary N) is 1. The molecular formula is C12H19N3O2S. The third kappa shape index (κ3) is 5.18. The Hall–Kier alpha value is -1.56. The van der Waals surface area contributed by atoms with E-state index in [1.165, 1.54) is 0 Å². The van der Waals surface area contributed by atoms with Crippen LogP contribution in [0, 0.1) is 6.92 Å². The van der Waals surface area contributed by atoms with E-state index in [2.05, 4.69) is 10.3 Å². The quantitative estimate of drug-likeness (QED) is 0.620. The summed E-state index contributed by atoms with van der Waals surface area (Å²) in [6, 6.07) is 7.70. The number of hydrogen-bond donors (Lipinski definition) is 2. The molecule has 100 valence electrons. The van der Waals surface area contributed by atoms with Gasteiger partial charge in [-0.3, -0.25) is 4.99 Å². The van der Waals surface area contributed by atoms with Gasteiger partial charge in [0.1, 0.15) is 0 Å². The Morgan fingerprint density at radius 3 is 2.78 bits per heavy atom. The van der Waals surface area contributed by atoms with Gasteiger partial charge in [0.05, 0.1) is 12.3 Å². The summed E-state index contributed by atoms with van der Waals surface area (Å²) in [5.41, 5.74) is 7.63. The predicted octanol–water partition coefficient (Wildman–Crippen LogP) is 1.16. The van der Waals surface area contributed by atoms with Gasteiger partial charge < -0.3 is 11.1 Å². The van der Waals surface area contributed by atoms with Crippen molar-refractivity contribution < 1.29 is 8.42 Å². The molecule has 1 aromatic carbocycles. The average molecular weight is 269 g/mol. The van der Waals surface area contributed by atoms with Gasteiger partial charge in [0, 0.05) is 11.4 Å². The molecule has 0 atom stereocenters. The second-order valence-electron chi connectivity index (χ2n) is 4.00. The number of nitrogens with zero attached hydrogens (tertiary/aromatic N) is 1. The molecule has 0 saturated carbocycles. The zero-order valence-corrected chi connectivity index (χ0v) is 11.5. The highest BCUT2D eigenvalue weighted by molar-refractivity contribution is 7.91. The number of nitrogens with one attached hydrogen (secondary N) is 1. The van der Waals surface area contributed by atoms with Crippen molar-refractivity contribution in [1.29, 1.82) is 0 Å². The Bertz CT molecular complexity index is 524. The fraction of sp³-hybridized carbons (Fsp3) is 0.417. The highest BCUT2D eigenvalue weighted by Crippen LogP contribution is 2.08. The van der Waals surface area contributed by atoms with E-state index in [9.17, 15) is 8.42 Å². The number of aliphatic imine (C=N–C) groups is 1. The van der Waals surface area contributed by atoms with Crippen LogP contribution in [0.15, 0.2) is 29.3 Å². The van der Waals surface area contributed by atoms with Crippen LogP contribution in [0.5, 0.6) is 0 Å². The molecule has 0 fully saturated rings.